The summed E-state index contributed by atoms with van der Waals surface area (Å²) in [4.78, 5) is 15.4. The van der Waals surface area contributed by atoms with E-state index >= 15 is 0 Å². The van der Waals surface area contributed by atoms with E-state index in [2.05, 4.69) is 17.6 Å². The van der Waals surface area contributed by atoms with Crippen molar-refractivity contribution in [1.29, 1.82) is 0 Å². The zero-order chi connectivity index (χ0) is 13.5. The Morgan fingerprint density at radius 3 is 2.58 bits per heavy atom. The highest BCUT2D eigenvalue weighted by atomic mass is 32.2. The number of likely N-dealkylation sites (tertiary alicyclic amines) is 1. The fourth-order valence-corrected chi connectivity index (χ4v) is 2.97. The third-order valence-electron chi connectivity index (χ3n) is 3.50. The predicted octanol–water partition coefficient (Wildman–Crippen LogP) is 3.22. The average Bonchev–Trinajstić information content (AvgIpc) is 2.74. The second-order valence-electron chi connectivity index (χ2n) is 4.85. The smallest absolute Gasteiger partial charge is 0.241 e. The van der Waals surface area contributed by atoms with E-state index in [-0.39, 0.29) is 5.91 Å². The van der Waals surface area contributed by atoms with Crippen LogP contribution in [0.25, 0.3) is 0 Å². The van der Waals surface area contributed by atoms with E-state index in [0.29, 0.717) is 6.54 Å². The zero-order valence-corrected chi connectivity index (χ0v) is 12.3. The number of carbonyl (C=O) groups excluding carboxylic acids is 1. The Morgan fingerprint density at radius 2 is 1.89 bits per heavy atom. The Labute approximate surface area is 119 Å². The van der Waals surface area contributed by atoms with E-state index < -0.39 is 0 Å². The summed E-state index contributed by atoms with van der Waals surface area (Å²) in [7, 11) is 0. The Balaban J connectivity index is 1.88. The summed E-state index contributed by atoms with van der Waals surface area (Å²) in [6, 6.07) is 8.12. The maximum atomic E-state index is 12.2. The first-order valence-corrected chi connectivity index (χ1v) is 8.18. The molecule has 1 aliphatic rings. The van der Waals surface area contributed by atoms with Gasteiger partial charge in [-0.3, -0.25) is 4.79 Å². The van der Waals surface area contributed by atoms with Gasteiger partial charge in [0.25, 0.3) is 0 Å². The van der Waals surface area contributed by atoms with Crippen LogP contribution in [0, 0.1) is 0 Å². The largest absolute Gasteiger partial charge is 0.375 e. The van der Waals surface area contributed by atoms with Crippen molar-refractivity contribution in [1.82, 2.24) is 4.90 Å². The number of thioether (sulfide) groups is 1. The van der Waals surface area contributed by atoms with E-state index in [1.165, 1.54) is 17.7 Å². The minimum atomic E-state index is 0.220. The quantitative estimate of drug-likeness (QED) is 0.858. The van der Waals surface area contributed by atoms with Crippen LogP contribution in [0.3, 0.4) is 0 Å². The summed E-state index contributed by atoms with van der Waals surface area (Å²) in [6.45, 7) is 2.24. The van der Waals surface area contributed by atoms with Crippen LogP contribution < -0.4 is 5.32 Å². The molecule has 0 radical (unpaired) electrons. The molecule has 1 N–H and O–H groups in total. The fourth-order valence-electron chi connectivity index (χ4n) is 2.39. The Hall–Kier alpha value is -1.16. The number of amides is 1. The van der Waals surface area contributed by atoms with E-state index in [9.17, 15) is 4.79 Å². The minimum Gasteiger partial charge on any atom is -0.375 e. The van der Waals surface area contributed by atoms with Gasteiger partial charge in [-0.05, 0) is 31.2 Å². The molecular weight excluding hydrogens is 256 g/mol. The van der Waals surface area contributed by atoms with Crippen LogP contribution in [0.2, 0.25) is 0 Å². The molecule has 19 heavy (non-hydrogen) atoms. The Bertz CT molecular complexity index is 414. The normalized spacial score (nSPS) is 15.9. The molecule has 0 saturated carbocycles. The van der Waals surface area contributed by atoms with Gasteiger partial charge in [-0.1, -0.05) is 25.0 Å². The van der Waals surface area contributed by atoms with Crippen molar-refractivity contribution >= 4 is 23.4 Å². The minimum absolute atomic E-state index is 0.220. The van der Waals surface area contributed by atoms with Crippen LogP contribution in [0.15, 0.2) is 29.2 Å². The van der Waals surface area contributed by atoms with Crippen LogP contribution in [-0.2, 0) is 4.79 Å². The van der Waals surface area contributed by atoms with Gasteiger partial charge in [0, 0.05) is 23.7 Å². The van der Waals surface area contributed by atoms with Crippen molar-refractivity contribution < 1.29 is 4.79 Å². The van der Waals surface area contributed by atoms with Crippen molar-refractivity contribution in [2.75, 3.05) is 31.2 Å². The molecule has 0 aliphatic carbocycles. The van der Waals surface area contributed by atoms with Gasteiger partial charge in [0.1, 0.15) is 0 Å². The number of benzene rings is 1. The molecule has 0 aromatic heterocycles. The molecule has 1 aromatic carbocycles. The third-order valence-corrected chi connectivity index (χ3v) is 4.29. The first-order chi connectivity index (χ1) is 9.31. The molecule has 1 heterocycles. The topological polar surface area (TPSA) is 32.3 Å². The molecule has 1 saturated heterocycles. The lowest BCUT2D eigenvalue weighted by molar-refractivity contribution is -0.129. The van der Waals surface area contributed by atoms with Crippen LogP contribution in [0.5, 0.6) is 0 Å². The van der Waals surface area contributed by atoms with Crippen LogP contribution in [0.4, 0.5) is 5.69 Å². The molecular formula is C15H22N2OS. The van der Waals surface area contributed by atoms with Gasteiger partial charge >= 0.3 is 0 Å². The van der Waals surface area contributed by atoms with Gasteiger partial charge < -0.3 is 10.2 Å². The highest BCUT2D eigenvalue weighted by molar-refractivity contribution is 7.98. The third kappa shape index (κ3) is 4.16. The van der Waals surface area contributed by atoms with Gasteiger partial charge in [0.05, 0.1) is 6.54 Å². The molecule has 0 atom stereocenters. The van der Waals surface area contributed by atoms with Gasteiger partial charge in [0.2, 0.25) is 5.91 Å². The summed E-state index contributed by atoms with van der Waals surface area (Å²) in [5.74, 6) is 0.220. The van der Waals surface area contributed by atoms with Gasteiger partial charge in [-0.25, -0.2) is 0 Å². The maximum Gasteiger partial charge on any atom is 0.241 e. The highest BCUT2D eigenvalue weighted by Gasteiger charge is 2.15. The number of nitrogens with one attached hydrogen (secondary N) is 1. The maximum absolute atomic E-state index is 12.2. The van der Waals surface area contributed by atoms with Crippen LogP contribution >= 0.6 is 11.8 Å². The molecule has 1 aromatic rings. The number of nitrogens with zero attached hydrogens (tertiary/aromatic N) is 1. The number of hydrogen-bond acceptors (Lipinski definition) is 3. The molecule has 4 heteroatoms. The van der Waals surface area contributed by atoms with E-state index in [4.69, 9.17) is 0 Å². The number of anilines is 1. The lowest BCUT2D eigenvalue weighted by atomic mass is 10.2. The summed E-state index contributed by atoms with van der Waals surface area (Å²) in [5.41, 5.74) is 1.05. The predicted molar refractivity (Wildman–Crippen MR) is 81.8 cm³/mol. The lowest BCUT2D eigenvalue weighted by Gasteiger charge is -2.21. The molecule has 3 nitrogen and oxygen atoms in total. The molecule has 2 rings (SSSR count). The van der Waals surface area contributed by atoms with Crippen molar-refractivity contribution in [2.24, 2.45) is 0 Å². The first kappa shape index (κ1) is 14.3. The van der Waals surface area contributed by atoms with E-state index in [0.717, 1.165) is 31.6 Å². The number of carbonyl (C=O) groups is 1. The SMILES string of the molecule is CSc1ccccc1NCC(=O)N1CCCCCC1. The van der Waals surface area contributed by atoms with Crippen molar-refractivity contribution in [3.8, 4) is 0 Å². The molecule has 0 unspecified atom stereocenters. The Kier molecular flexibility index (Phi) is 5.58. The van der Waals surface area contributed by atoms with E-state index in [1.807, 2.05) is 23.1 Å². The molecule has 104 valence electrons. The Morgan fingerprint density at radius 1 is 1.21 bits per heavy atom. The summed E-state index contributed by atoms with van der Waals surface area (Å²) in [5, 5.41) is 3.27. The standard InChI is InChI=1S/C15H22N2OS/c1-19-14-9-5-4-8-13(14)16-12-15(18)17-10-6-2-3-7-11-17/h4-5,8-9,16H,2-3,6-7,10-12H2,1H3. The molecule has 1 amide bonds. The first-order valence-electron chi connectivity index (χ1n) is 6.96. The lowest BCUT2D eigenvalue weighted by Crippen LogP contribution is -2.36. The number of rotatable bonds is 4. The number of para-hydroxylation sites is 1. The van der Waals surface area contributed by atoms with Gasteiger partial charge in [-0.2, -0.15) is 0 Å². The van der Waals surface area contributed by atoms with Crippen LogP contribution in [-0.4, -0.2) is 36.7 Å². The second-order valence-corrected chi connectivity index (χ2v) is 5.70. The summed E-state index contributed by atoms with van der Waals surface area (Å²) >= 11 is 1.70. The molecule has 1 aliphatic heterocycles. The summed E-state index contributed by atoms with van der Waals surface area (Å²) < 4.78 is 0. The van der Waals surface area contributed by atoms with Gasteiger partial charge in [-0.15, -0.1) is 11.8 Å². The summed E-state index contributed by atoms with van der Waals surface area (Å²) in [6.07, 6.45) is 6.86. The zero-order valence-electron chi connectivity index (χ0n) is 11.5. The fraction of sp³-hybridized carbons (Fsp3) is 0.533. The molecule has 0 bridgehead atoms. The highest BCUT2D eigenvalue weighted by Crippen LogP contribution is 2.24. The molecule has 0 spiro atoms. The van der Waals surface area contributed by atoms with E-state index in [1.54, 1.807) is 11.8 Å². The van der Waals surface area contributed by atoms with Crippen molar-refractivity contribution in [3.05, 3.63) is 24.3 Å². The monoisotopic (exact) mass is 278 g/mol. The average molecular weight is 278 g/mol. The van der Waals surface area contributed by atoms with Crippen molar-refractivity contribution in [2.45, 2.75) is 30.6 Å². The van der Waals surface area contributed by atoms with Crippen molar-refractivity contribution in [3.63, 3.8) is 0 Å². The second kappa shape index (κ2) is 7.43. The van der Waals surface area contributed by atoms with Crippen LogP contribution in [0.1, 0.15) is 25.7 Å². The number of hydrogen-bond donors (Lipinski definition) is 1. The molecule has 1 fully saturated rings. The van der Waals surface area contributed by atoms with Gasteiger partial charge in [0.15, 0.2) is 0 Å².